The van der Waals surface area contributed by atoms with Crippen LogP contribution >= 0.6 is 0 Å². The van der Waals surface area contributed by atoms with Crippen molar-refractivity contribution in [3.63, 3.8) is 0 Å². The molecule has 0 aliphatic heterocycles. The lowest BCUT2D eigenvalue weighted by Gasteiger charge is -2.18. The van der Waals surface area contributed by atoms with Crippen LogP contribution in [-0.2, 0) is 13.1 Å². The molecule has 1 N–H and O–H groups in total. The molecule has 0 aromatic carbocycles. The summed E-state index contributed by atoms with van der Waals surface area (Å²) in [5, 5.41) is 3.42. The van der Waals surface area contributed by atoms with Crippen LogP contribution in [0.5, 0.6) is 0 Å². The van der Waals surface area contributed by atoms with Crippen LogP contribution in [-0.4, -0.2) is 24.5 Å². The molecule has 1 aliphatic rings. The number of nitrogens with one attached hydrogen (secondary N) is 1. The molecule has 0 radical (unpaired) electrons. The first kappa shape index (κ1) is 14.6. The maximum absolute atomic E-state index is 5.90. The van der Waals surface area contributed by atoms with Crippen LogP contribution in [0.25, 0.3) is 0 Å². The quantitative estimate of drug-likeness (QED) is 0.742. The molecule has 2 rings (SSSR count). The van der Waals surface area contributed by atoms with Crippen molar-refractivity contribution in [2.24, 2.45) is 11.8 Å². The maximum Gasteiger partial charge on any atom is 0.118 e. The maximum atomic E-state index is 5.90. The van der Waals surface area contributed by atoms with Crippen molar-refractivity contribution in [2.75, 3.05) is 19.6 Å². The van der Waals surface area contributed by atoms with E-state index in [0.29, 0.717) is 5.92 Å². The van der Waals surface area contributed by atoms with Gasteiger partial charge in [0.05, 0.1) is 13.1 Å². The van der Waals surface area contributed by atoms with Gasteiger partial charge in [-0.1, -0.05) is 20.8 Å². The Labute approximate surface area is 117 Å². The molecule has 0 saturated heterocycles. The predicted octanol–water partition coefficient (Wildman–Crippen LogP) is 3.26. The summed E-state index contributed by atoms with van der Waals surface area (Å²) >= 11 is 0. The molecule has 3 heteroatoms. The van der Waals surface area contributed by atoms with Gasteiger partial charge in [0, 0.05) is 6.54 Å². The minimum Gasteiger partial charge on any atom is -0.463 e. The first-order chi connectivity index (χ1) is 9.17. The Morgan fingerprint density at radius 2 is 2.05 bits per heavy atom. The Morgan fingerprint density at radius 1 is 1.32 bits per heavy atom. The number of hydrogen-bond donors (Lipinski definition) is 1. The van der Waals surface area contributed by atoms with E-state index in [-0.39, 0.29) is 0 Å². The molecule has 0 spiro atoms. The molecule has 0 atom stereocenters. The smallest absolute Gasteiger partial charge is 0.118 e. The van der Waals surface area contributed by atoms with Gasteiger partial charge in [0.2, 0.25) is 0 Å². The monoisotopic (exact) mass is 264 g/mol. The van der Waals surface area contributed by atoms with Gasteiger partial charge in [-0.15, -0.1) is 0 Å². The van der Waals surface area contributed by atoms with Crippen LogP contribution in [0.15, 0.2) is 16.5 Å². The second-order valence-electron chi connectivity index (χ2n) is 6.16. The number of hydrogen-bond acceptors (Lipinski definition) is 3. The Kier molecular flexibility index (Phi) is 5.46. The van der Waals surface area contributed by atoms with Crippen molar-refractivity contribution in [1.29, 1.82) is 0 Å². The first-order valence-corrected chi connectivity index (χ1v) is 7.68. The zero-order valence-electron chi connectivity index (χ0n) is 12.6. The fourth-order valence-electron chi connectivity index (χ4n) is 2.28. The van der Waals surface area contributed by atoms with Crippen molar-refractivity contribution in [3.8, 4) is 0 Å². The molecular formula is C16H28N2O. The third-order valence-corrected chi connectivity index (χ3v) is 3.61. The van der Waals surface area contributed by atoms with Gasteiger partial charge in [-0.3, -0.25) is 4.90 Å². The summed E-state index contributed by atoms with van der Waals surface area (Å²) in [6, 6.07) is 4.23. The van der Waals surface area contributed by atoms with Gasteiger partial charge in [0.15, 0.2) is 0 Å². The van der Waals surface area contributed by atoms with E-state index in [0.717, 1.165) is 43.6 Å². The van der Waals surface area contributed by atoms with Gasteiger partial charge in [-0.25, -0.2) is 0 Å². The van der Waals surface area contributed by atoms with Crippen LogP contribution in [0.4, 0.5) is 0 Å². The summed E-state index contributed by atoms with van der Waals surface area (Å²) in [4.78, 5) is 2.49. The predicted molar refractivity (Wildman–Crippen MR) is 78.9 cm³/mol. The summed E-state index contributed by atoms with van der Waals surface area (Å²) in [5.74, 6) is 3.78. The summed E-state index contributed by atoms with van der Waals surface area (Å²) in [5.41, 5.74) is 0. The fraction of sp³-hybridized carbons (Fsp3) is 0.750. The highest BCUT2D eigenvalue weighted by atomic mass is 16.3. The van der Waals surface area contributed by atoms with Crippen LogP contribution in [0.2, 0.25) is 0 Å². The molecule has 1 aromatic rings. The largest absolute Gasteiger partial charge is 0.463 e. The molecule has 0 amide bonds. The Balaban J connectivity index is 1.75. The average Bonchev–Trinajstić information content (AvgIpc) is 3.07. The van der Waals surface area contributed by atoms with E-state index in [9.17, 15) is 0 Å². The van der Waals surface area contributed by atoms with Crippen LogP contribution in [0, 0.1) is 11.8 Å². The van der Waals surface area contributed by atoms with Gasteiger partial charge in [0.1, 0.15) is 11.5 Å². The second kappa shape index (κ2) is 7.11. The fourth-order valence-corrected chi connectivity index (χ4v) is 2.28. The second-order valence-corrected chi connectivity index (χ2v) is 6.16. The third-order valence-electron chi connectivity index (χ3n) is 3.61. The summed E-state index contributed by atoms with van der Waals surface area (Å²) < 4.78 is 5.90. The van der Waals surface area contributed by atoms with E-state index in [4.69, 9.17) is 4.42 Å². The minimum atomic E-state index is 0.684. The SMILES string of the molecule is CCN(Cc1ccc(CNCC(C)C)o1)CC1CC1. The molecule has 3 nitrogen and oxygen atoms in total. The zero-order chi connectivity index (χ0) is 13.7. The standard InChI is InChI=1S/C16H28N2O/c1-4-18(11-14-5-6-14)12-16-8-7-15(19-16)10-17-9-13(2)3/h7-8,13-14,17H,4-6,9-12H2,1-3H3. The number of furan rings is 1. The lowest BCUT2D eigenvalue weighted by molar-refractivity contribution is 0.243. The molecule has 108 valence electrons. The van der Waals surface area contributed by atoms with Gasteiger partial charge in [0.25, 0.3) is 0 Å². The minimum absolute atomic E-state index is 0.684. The topological polar surface area (TPSA) is 28.4 Å². The summed E-state index contributed by atoms with van der Waals surface area (Å²) in [7, 11) is 0. The van der Waals surface area contributed by atoms with Gasteiger partial charge in [-0.2, -0.15) is 0 Å². The van der Waals surface area contributed by atoms with E-state index in [2.05, 4.69) is 43.1 Å². The first-order valence-electron chi connectivity index (χ1n) is 7.68. The van der Waals surface area contributed by atoms with E-state index >= 15 is 0 Å². The van der Waals surface area contributed by atoms with E-state index < -0.39 is 0 Å². The molecule has 1 aliphatic carbocycles. The highest BCUT2D eigenvalue weighted by Crippen LogP contribution is 2.30. The zero-order valence-corrected chi connectivity index (χ0v) is 12.6. The lowest BCUT2D eigenvalue weighted by Crippen LogP contribution is -2.24. The van der Waals surface area contributed by atoms with Crippen molar-refractivity contribution >= 4 is 0 Å². The van der Waals surface area contributed by atoms with Crippen LogP contribution in [0.1, 0.15) is 45.1 Å². The van der Waals surface area contributed by atoms with Crippen molar-refractivity contribution in [3.05, 3.63) is 23.7 Å². The van der Waals surface area contributed by atoms with Crippen molar-refractivity contribution in [1.82, 2.24) is 10.2 Å². The van der Waals surface area contributed by atoms with E-state index in [1.807, 2.05) is 0 Å². The highest BCUT2D eigenvalue weighted by Gasteiger charge is 2.24. The molecular weight excluding hydrogens is 236 g/mol. The van der Waals surface area contributed by atoms with Crippen molar-refractivity contribution < 1.29 is 4.42 Å². The summed E-state index contributed by atoms with van der Waals surface area (Å²) in [6.07, 6.45) is 2.83. The molecule has 1 saturated carbocycles. The Bertz CT molecular complexity index is 369. The molecule has 1 fully saturated rings. The number of nitrogens with zero attached hydrogens (tertiary/aromatic N) is 1. The Morgan fingerprint density at radius 3 is 2.68 bits per heavy atom. The average molecular weight is 264 g/mol. The molecule has 0 bridgehead atoms. The lowest BCUT2D eigenvalue weighted by atomic mass is 10.2. The third kappa shape index (κ3) is 5.37. The molecule has 19 heavy (non-hydrogen) atoms. The molecule has 1 heterocycles. The Hall–Kier alpha value is -0.800. The summed E-state index contributed by atoms with van der Waals surface area (Å²) in [6.45, 7) is 11.9. The van der Waals surface area contributed by atoms with Crippen molar-refractivity contribution in [2.45, 2.75) is 46.7 Å². The van der Waals surface area contributed by atoms with Gasteiger partial charge in [-0.05, 0) is 49.9 Å². The van der Waals surface area contributed by atoms with E-state index in [1.54, 1.807) is 0 Å². The van der Waals surface area contributed by atoms with Crippen LogP contribution < -0.4 is 5.32 Å². The van der Waals surface area contributed by atoms with E-state index in [1.165, 1.54) is 19.4 Å². The highest BCUT2D eigenvalue weighted by molar-refractivity contribution is 5.07. The van der Waals surface area contributed by atoms with Gasteiger partial charge < -0.3 is 9.73 Å². The molecule has 1 aromatic heterocycles. The van der Waals surface area contributed by atoms with Crippen LogP contribution in [0.3, 0.4) is 0 Å². The molecule has 0 unspecified atom stereocenters. The number of rotatable bonds is 9. The van der Waals surface area contributed by atoms with Gasteiger partial charge >= 0.3 is 0 Å². The normalized spacial score (nSPS) is 15.6.